The molecule has 0 aromatic rings. The molecule has 0 saturated heterocycles. The minimum atomic E-state index is -0.423. The fourth-order valence-corrected chi connectivity index (χ4v) is 2.53. The summed E-state index contributed by atoms with van der Waals surface area (Å²) in [6, 6.07) is 0.373. The number of ether oxygens (including phenoxy) is 1. The lowest BCUT2D eigenvalue weighted by Gasteiger charge is -2.21. The molecule has 3 unspecified atom stereocenters. The molecule has 2 fully saturated rings. The van der Waals surface area contributed by atoms with Crippen LogP contribution in [0, 0.1) is 11.8 Å². The van der Waals surface area contributed by atoms with Crippen LogP contribution in [0.1, 0.15) is 32.1 Å². The normalized spacial score (nSPS) is 30.7. The molecular weight excluding hydrogens is 218 g/mol. The van der Waals surface area contributed by atoms with E-state index in [1.54, 1.807) is 0 Å². The lowest BCUT2D eigenvalue weighted by atomic mass is 10.1. The van der Waals surface area contributed by atoms with Gasteiger partial charge in [0.25, 0.3) is 0 Å². The van der Waals surface area contributed by atoms with Gasteiger partial charge < -0.3 is 20.3 Å². The molecule has 0 spiro atoms. The number of aliphatic hydroxyl groups is 2. The van der Waals surface area contributed by atoms with Crippen molar-refractivity contribution in [3.05, 3.63) is 0 Å². The summed E-state index contributed by atoms with van der Waals surface area (Å²) >= 11 is 0. The lowest BCUT2D eigenvalue weighted by Crippen LogP contribution is -2.40. The zero-order valence-corrected chi connectivity index (χ0v) is 10.5. The highest BCUT2D eigenvalue weighted by Gasteiger charge is 2.26. The van der Waals surface area contributed by atoms with E-state index in [1.807, 2.05) is 0 Å². The van der Waals surface area contributed by atoms with Crippen LogP contribution in [-0.2, 0) is 4.74 Å². The Labute approximate surface area is 103 Å². The number of aliphatic hydroxyl groups excluding tert-OH is 2. The van der Waals surface area contributed by atoms with Crippen molar-refractivity contribution in [2.45, 2.75) is 44.2 Å². The van der Waals surface area contributed by atoms with E-state index in [0.29, 0.717) is 25.1 Å². The Hall–Kier alpha value is -0.160. The topological polar surface area (TPSA) is 61.7 Å². The molecule has 2 aliphatic carbocycles. The van der Waals surface area contributed by atoms with Gasteiger partial charge in [-0.15, -0.1) is 0 Å². The van der Waals surface area contributed by atoms with Crippen molar-refractivity contribution in [1.82, 2.24) is 5.32 Å². The molecule has 3 N–H and O–H groups in total. The van der Waals surface area contributed by atoms with Gasteiger partial charge in [-0.2, -0.15) is 0 Å². The van der Waals surface area contributed by atoms with E-state index in [2.05, 4.69) is 5.32 Å². The Bertz CT molecular complexity index is 221. The third-order valence-corrected chi connectivity index (χ3v) is 3.87. The molecule has 0 aromatic heterocycles. The average Bonchev–Trinajstić information content (AvgIpc) is 3.03. The Morgan fingerprint density at radius 3 is 2.76 bits per heavy atom. The second kappa shape index (κ2) is 6.69. The van der Waals surface area contributed by atoms with Gasteiger partial charge in [-0.05, 0) is 37.5 Å². The molecule has 2 saturated carbocycles. The molecule has 3 atom stereocenters. The quantitative estimate of drug-likeness (QED) is 0.582. The monoisotopic (exact) mass is 243 g/mol. The first kappa shape index (κ1) is 13.3. The summed E-state index contributed by atoms with van der Waals surface area (Å²) in [5.41, 5.74) is 0. The number of hydrogen-bond donors (Lipinski definition) is 3. The minimum Gasteiger partial charge on any atom is -0.396 e. The molecule has 0 radical (unpaired) electrons. The Morgan fingerprint density at radius 2 is 2.06 bits per heavy atom. The van der Waals surface area contributed by atoms with Crippen molar-refractivity contribution in [2.24, 2.45) is 11.8 Å². The van der Waals surface area contributed by atoms with Crippen LogP contribution < -0.4 is 5.32 Å². The first-order valence-electron chi connectivity index (χ1n) is 6.89. The largest absolute Gasteiger partial charge is 0.396 e. The lowest BCUT2D eigenvalue weighted by molar-refractivity contribution is 0.0301. The summed E-state index contributed by atoms with van der Waals surface area (Å²) in [4.78, 5) is 0. The van der Waals surface area contributed by atoms with Crippen molar-refractivity contribution in [1.29, 1.82) is 0 Å². The van der Waals surface area contributed by atoms with E-state index in [-0.39, 0.29) is 6.61 Å². The van der Waals surface area contributed by atoms with Gasteiger partial charge in [0.05, 0.1) is 12.7 Å². The van der Waals surface area contributed by atoms with Gasteiger partial charge in [-0.3, -0.25) is 0 Å². The van der Waals surface area contributed by atoms with Gasteiger partial charge in [-0.1, -0.05) is 6.42 Å². The summed E-state index contributed by atoms with van der Waals surface area (Å²) in [7, 11) is 0. The van der Waals surface area contributed by atoms with E-state index >= 15 is 0 Å². The van der Waals surface area contributed by atoms with Crippen LogP contribution in [0.4, 0.5) is 0 Å². The maximum Gasteiger partial charge on any atom is 0.0897 e. The third-order valence-electron chi connectivity index (χ3n) is 3.87. The summed E-state index contributed by atoms with van der Waals surface area (Å²) < 4.78 is 5.45. The second-order valence-corrected chi connectivity index (χ2v) is 5.52. The van der Waals surface area contributed by atoms with Crippen LogP contribution in [0.3, 0.4) is 0 Å². The van der Waals surface area contributed by atoms with E-state index in [1.165, 1.54) is 19.3 Å². The first-order valence-corrected chi connectivity index (χ1v) is 6.89. The van der Waals surface area contributed by atoms with Gasteiger partial charge in [0.1, 0.15) is 0 Å². The van der Waals surface area contributed by atoms with Crippen LogP contribution in [0.5, 0.6) is 0 Å². The standard InChI is InChI=1S/C13H25NO3/c15-7-11-2-1-3-13(11)14-6-12(16)9-17-8-10-4-5-10/h10-16H,1-9H2. The minimum absolute atomic E-state index is 0.256. The summed E-state index contributed by atoms with van der Waals surface area (Å²) in [5, 5.41) is 22.3. The van der Waals surface area contributed by atoms with E-state index in [4.69, 9.17) is 4.74 Å². The van der Waals surface area contributed by atoms with Crippen LogP contribution in [0.2, 0.25) is 0 Å². The molecule has 0 aromatic carbocycles. The molecule has 2 aliphatic rings. The highest BCUT2D eigenvalue weighted by atomic mass is 16.5. The molecule has 0 bridgehead atoms. The first-order chi connectivity index (χ1) is 8.29. The zero-order valence-electron chi connectivity index (χ0n) is 10.5. The number of nitrogens with one attached hydrogen (secondary N) is 1. The highest BCUT2D eigenvalue weighted by molar-refractivity contribution is 4.83. The van der Waals surface area contributed by atoms with Crippen molar-refractivity contribution >= 4 is 0 Å². The Kier molecular flexibility index (Phi) is 5.22. The molecule has 17 heavy (non-hydrogen) atoms. The predicted molar refractivity (Wildman–Crippen MR) is 65.8 cm³/mol. The van der Waals surface area contributed by atoms with Crippen molar-refractivity contribution < 1.29 is 14.9 Å². The molecule has 0 heterocycles. The van der Waals surface area contributed by atoms with E-state index in [9.17, 15) is 10.2 Å². The van der Waals surface area contributed by atoms with Crippen molar-refractivity contribution in [3.8, 4) is 0 Å². The molecule has 0 amide bonds. The highest BCUT2D eigenvalue weighted by Crippen LogP contribution is 2.28. The van der Waals surface area contributed by atoms with Crippen LogP contribution in [0.15, 0.2) is 0 Å². The molecule has 4 heteroatoms. The van der Waals surface area contributed by atoms with Crippen LogP contribution in [-0.4, -0.2) is 48.7 Å². The molecule has 100 valence electrons. The second-order valence-electron chi connectivity index (χ2n) is 5.52. The van der Waals surface area contributed by atoms with Crippen LogP contribution in [0.25, 0.3) is 0 Å². The zero-order chi connectivity index (χ0) is 12.1. The maximum atomic E-state index is 9.75. The predicted octanol–water partition coefficient (Wildman–Crippen LogP) is 0.524. The Balaban J connectivity index is 1.53. The smallest absolute Gasteiger partial charge is 0.0897 e. The van der Waals surface area contributed by atoms with Crippen LogP contribution >= 0.6 is 0 Å². The number of rotatable bonds is 8. The van der Waals surface area contributed by atoms with Crippen molar-refractivity contribution in [3.63, 3.8) is 0 Å². The third kappa shape index (κ3) is 4.54. The molecule has 2 rings (SSSR count). The maximum absolute atomic E-state index is 9.75. The van der Waals surface area contributed by atoms with Gasteiger partial charge in [0.2, 0.25) is 0 Å². The van der Waals surface area contributed by atoms with E-state index < -0.39 is 6.10 Å². The Morgan fingerprint density at radius 1 is 1.24 bits per heavy atom. The number of hydrogen-bond acceptors (Lipinski definition) is 4. The SMILES string of the molecule is OCC1CCCC1NCC(O)COCC1CC1. The summed E-state index contributed by atoms with van der Waals surface area (Å²) in [5.74, 6) is 1.12. The molecule has 0 aliphatic heterocycles. The van der Waals surface area contributed by atoms with Gasteiger partial charge in [0, 0.05) is 25.8 Å². The summed E-state index contributed by atoms with van der Waals surface area (Å²) in [6.07, 6.45) is 5.54. The summed E-state index contributed by atoms with van der Waals surface area (Å²) in [6.45, 7) is 2.07. The van der Waals surface area contributed by atoms with Gasteiger partial charge in [-0.25, -0.2) is 0 Å². The average molecular weight is 243 g/mol. The molecule has 4 nitrogen and oxygen atoms in total. The molecular formula is C13H25NO3. The fraction of sp³-hybridized carbons (Fsp3) is 1.00. The fourth-order valence-electron chi connectivity index (χ4n) is 2.53. The van der Waals surface area contributed by atoms with Crippen molar-refractivity contribution in [2.75, 3.05) is 26.4 Å². The van der Waals surface area contributed by atoms with Gasteiger partial charge in [0.15, 0.2) is 0 Å². The van der Waals surface area contributed by atoms with Gasteiger partial charge >= 0.3 is 0 Å². The van der Waals surface area contributed by atoms with E-state index in [0.717, 1.165) is 25.4 Å².